The summed E-state index contributed by atoms with van der Waals surface area (Å²) in [4.78, 5) is 2.30. The molecule has 0 saturated carbocycles. The molecule has 1 saturated heterocycles. The molecule has 2 atom stereocenters. The van der Waals surface area contributed by atoms with Crippen LogP contribution in [0.1, 0.15) is 19.1 Å². The molecule has 3 heteroatoms. The molecule has 3 nitrogen and oxygen atoms in total. The van der Waals surface area contributed by atoms with Crippen molar-refractivity contribution < 1.29 is 9.52 Å². The molecule has 14 heavy (non-hydrogen) atoms. The van der Waals surface area contributed by atoms with Gasteiger partial charge < -0.3 is 9.52 Å². The Morgan fingerprint density at radius 1 is 1.64 bits per heavy atom. The summed E-state index contributed by atoms with van der Waals surface area (Å²) in [6, 6.07) is 4.19. The Hall–Kier alpha value is -0.800. The smallest absolute Gasteiger partial charge is 0.117 e. The molecule has 78 valence electrons. The van der Waals surface area contributed by atoms with Gasteiger partial charge in [0.15, 0.2) is 0 Å². The molecular weight excluding hydrogens is 178 g/mol. The van der Waals surface area contributed by atoms with Crippen LogP contribution in [0.4, 0.5) is 0 Å². The fraction of sp³-hybridized carbons (Fsp3) is 0.636. The lowest BCUT2D eigenvalue weighted by atomic mass is 10.0. The van der Waals surface area contributed by atoms with Crippen LogP contribution in [0.2, 0.25) is 0 Å². The van der Waals surface area contributed by atoms with E-state index in [1.807, 2.05) is 12.1 Å². The summed E-state index contributed by atoms with van der Waals surface area (Å²) in [6.45, 7) is 4.33. The first-order chi connectivity index (χ1) is 6.81. The molecule has 1 aliphatic heterocycles. The third-order valence-electron chi connectivity index (χ3n) is 3.12. The van der Waals surface area contributed by atoms with E-state index in [1.54, 1.807) is 6.26 Å². The van der Waals surface area contributed by atoms with E-state index in [9.17, 15) is 5.11 Å². The molecule has 0 bridgehead atoms. The zero-order chi connectivity index (χ0) is 9.97. The van der Waals surface area contributed by atoms with Crippen LogP contribution in [-0.2, 0) is 6.54 Å². The van der Waals surface area contributed by atoms with E-state index in [2.05, 4.69) is 11.8 Å². The number of likely N-dealkylation sites (tertiary alicyclic amines) is 1. The van der Waals surface area contributed by atoms with Gasteiger partial charge in [-0.1, -0.05) is 6.92 Å². The molecule has 0 amide bonds. The van der Waals surface area contributed by atoms with Gasteiger partial charge in [0, 0.05) is 6.04 Å². The number of aliphatic hydroxyl groups is 1. The molecule has 1 aromatic heterocycles. The van der Waals surface area contributed by atoms with Crippen molar-refractivity contribution in [2.45, 2.75) is 25.9 Å². The summed E-state index contributed by atoms with van der Waals surface area (Å²) in [5.74, 6) is 1.58. The van der Waals surface area contributed by atoms with Crippen molar-refractivity contribution in [3.63, 3.8) is 0 Å². The van der Waals surface area contributed by atoms with Gasteiger partial charge in [-0.2, -0.15) is 0 Å². The predicted octanol–water partition coefficient (Wildman–Crippen LogP) is 1.48. The summed E-state index contributed by atoms with van der Waals surface area (Å²) in [5, 5.41) is 9.26. The topological polar surface area (TPSA) is 36.6 Å². The summed E-state index contributed by atoms with van der Waals surface area (Å²) >= 11 is 0. The Kier molecular flexibility index (Phi) is 2.89. The third kappa shape index (κ3) is 1.83. The fourth-order valence-corrected chi connectivity index (χ4v) is 2.18. The lowest BCUT2D eigenvalue weighted by Gasteiger charge is -2.23. The average molecular weight is 195 g/mol. The van der Waals surface area contributed by atoms with Gasteiger partial charge in [0.05, 0.1) is 19.4 Å². The van der Waals surface area contributed by atoms with Crippen LogP contribution in [0, 0.1) is 5.92 Å². The fourth-order valence-electron chi connectivity index (χ4n) is 2.18. The Labute approximate surface area is 84.3 Å². The molecule has 0 spiro atoms. The summed E-state index contributed by atoms with van der Waals surface area (Å²) < 4.78 is 5.30. The van der Waals surface area contributed by atoms with Crippen LogP contribution >= 0.6 is 0 Å². The van der Waals surface area contributed by atoms with Gasteiger partial charge in [0.1, 0.15) is 5.76 Å². The first kappa shape index (κ1) is 9.74. The van der Waals surface area contributed by atoms with Crippen LogP contribution in [0.5, 0.6) is 0 Å². The first-order valence-corrected chi connectivity index (χ1v) is 5.18. The Morgan fingerprint density at radius 2 is 2.50 bits per heavy atom. The van der Waals surface area contributed by atoms with E-state index in [1.165, 1.54) is 6.42 Å². The van der Waals surface area contributed by atoms with Crippen molar-refractivity contribution in [2.24, 2.45) is 5.92 Å². The highest BCUT2D eigenvalue weighted by atomic mass is 16.3. The maximum atomic E-state index is 9.26. The molecule has 0 aliphatic carbocycles. The van der Waals surface area contributed by atoms with Crippen molar-refractivity contribution in [1.82, 2.24) is 4.90 Å². The largest absolute Gasteiger partial charge is 0.468 e. The van der Waals surface area contributed by atoms with Gasteiger partial charge >= 0.3 is 0 Å². The van der Waals surface area contributed by atoms with Crippen LogP contribution in [0.3, 0.4) is 0 Å². The summed E-state index contributed by atoms with van der Waals surface area (Å²) in [6.07, 6.45) is 2.87. The third-order valence-corrected chi connectivity index (χ3v) is 3.12. The quantitative estimate of drug-likeness (QED) is 0.793. The molecule has 0 radical (unpaired) electrons. The number of hydrogen-bond acceptors (Lipinski definition) is 3. The van der Waals surface area contributed by atoms with E-state index in [0.717, 1.165) is 18.8 Å². The molecule has 2 rings (SSSR count). The van der Waals surface area contributed by atoms with Crippen molar-refractivity contribution >= 4 is 0 Å². The van der Waals surface area contributed by atoms with Crippen LogP contribution in [0.25, 0.3) is 0 Å². The van der Waals surface area contributed by atoms with Gasteiger partial charge in [-0.3, -0.25) is 4.90 Å². The second-order valence-corrected chi connectivity index (χ2v) is 4.07. The lowest BCUT2D eigenvalue weighted by Crippen LogP contribution is -2.34. The van der Waals surface area contributed by atoms with Gasteiger partial charge in [-0.05, 0) is 31.0 Å². The summed E-state index contributed by atoms with van der Waals surface area (Å²) in [5.41, 5.74) is 0. The number of aliphatic hydroxyl groups excluding tert-OH is 1. The lowest BCUT2D eigenvalue weighted by molar-refractivity contribution is 0.128. The molecule has 2 unspecified atom stereocenters. The number of nitrogens with zero attached hydrogens (tertiary/aromatic N) is 1. The summed E-state index contributed by atoms with van der Waals surface area (Å²) in [7, 11) is 0. The highest BCUT2D eigenvalue weighted by molar-refractivity contribution is 4.99. The van der Waals surface area contributed by atoms with Crippen LogP contribution < -0.4 is 0 Å². The zero-order valence-corrected chi connectivity index (χ0v) is 8.52. The standard InChI is InChI=1S/C11H17NO2/c1-9-4-5-12(11(9)8-13)7-10-3-2-6-14-10/h2-3,6,9,11,13H,4-5,7-8H2,1H3. The first-order valence-electron chi connectivity index (χ1n) is 5.18. The monoisotopic (exact) mass is 195 g/mol. The normalized spacial score (nSPS) is 28.4. The minimum Gasteiger partial charge on any atom is -0.468 e. The Balaban J connectivity index is 1.98. The maximum absolute atomic E-state index is 9.26. The number of hydrogen-bond donors (Lipinski definition) is 1. The van der Waals surface area contributed by atoms with E-state index >= 15 is 0 Å². The highest BCUT2D eigenvalue weighted by Crippen LogP contribution is 2.25. The molecule has 1 N–H and O–H groups in total. The molecule has 1 aromatic rings. The molecule has 0 aromatic carbocycles. The van der Waals surface area contributed by atoms with E-state index in [0.29, 0.717) is 12.0 Å². The second-order valence-electron chi connectivity index (χ2n) is 4.07. The Bertz CT molecular complexity index is 271. The van der Waals surface area contributed by atoms with Gasteiger partial charge in [-0.25, -0.2) is 0 Å². The van der Waals surface area contributed by atoms with Crippen molar-refractivity contribution in [3.05, 3.63) is 24.2 Å². The minimum absolute atomic E-state index is 0.252. The minimum atomic E-state index is 0.252. The van der Waals surface area contributed by atoms with E-state index in [4.69, 9.17) is 4.42 Å². The van der Waals surface area contributed by atoms with Gasteiger partial charge in [-0.15, -0.1) is 0 Å². The zero-order valence-electron chi connectivity index (χ0n) is 8.52. The van der Waals surface area contributed by atoms with Gasteiger partial charge in [0.25, 0.3) is 0 Å². The average Bonchev–Trinajstić information content (AvgIpc) is 2.77. The SMILES string of the molecule is CC1CCN(Cc2ccco2)C1CO. The second kappa shape index (κ2) is 4.15. The molecule has 1 fully saturated rings. The maximum Gasteiger partial charge on any atom is 0.117 e. The van der Waals surface area contributed by atoms with Gasteiger partial charge in [0.2, 0.25) is 0 Å². The Morgan fingerprint density at radius 3 is 3.14 bits per heavy atom. The number of rotatable bonds is 3. The van der Waals surface area contributed by atoms with Crippen molar-refractivity contribution in [3.8, 4) is 0 Å². The van der Waals surface area contributed by atoms with E-state index in [-0.39, 0.29) is 6.61 Å². The van der Waals surface area contributed by atoms with E-state index < -0.39 is 0 Å². The molecular formula is C11H17NO2. The van der Waals surface area contributed by atoms with Crippen LogP contribution in [0.15, 0.2) is 22.8 Å². The molecule has 1 aliphatic rings. The van der Waals surface area contributed by atoms with Crippen LogP contribution in [-0.4, -0.2) is 29.2 Å². The molecule has 2 heterocycles. The highest BCUT2D eigenvalue weighted by Gasteiger charge is 2.30. The van der Waals surface area contributed by atoms with Crippen molar-refractivity contribution in [1.29, 1.82) is 0 Å². The predicted molar refractivity (Wildman–Crippen MR) is 53.8 cm³/mol. The van der Waals surface area contributed by atoms with Crippen molar-refractivity contribution in [2.75, 3.05) is 13.2 Å². The number of furan rings is 1.